The average molecular weight is 263 g/mol. The molecule has 2 rings (SSSR count). The highest BCUT2D eigenvalue weighted by molar-refractivity contribution is 5.51. The maximum atomic E-state index is 5.60. The minimum atomic E-state index is -0.0221. The largest absolute Gasteiger partial charge is 0.368 e. The third-order valence-electron chi connectivity index (χ3n) is 2.78. The van der Waals surface area contributed by atoms with Gasteiger partial charge in [0.1, 0.15) is 17.4 Å². The molecule has 0 aromatic carbocycles. The maximum absolute atomic E-state index is 5.60. The smallest absolute Gasteiger partial charge is 0.223 e. The Bertz CT molecular complexity index is 561. The molecule has 8 heteroatoms. The van der Waals surface area contributed by atoms with E-state index in [0.29, 0.717) is 11.6 Å². The first kappa shape index (κ1) is 13.1. The molecule has 1 unspecified atom stereocenters. The zero-order valence-corrected chi connectivity index (χ0v) is 11.1. The van der Waals surface area contributed by atoms with Crippen molar-refractivity contribution in [2.75, 3.05) is 16.5 Å². The van der Waals surface area contributed by atoms with Crippen LogP contribution in [0.15, 0.2) is 10.6 Å². The van der Waals surface area contributed by atoms with Crippen molar-refractivity contribution in [3.63, 3.8) is 0 Å². The second-order valence-electron chi connectivity index (χ2n) is 4.24. The zero-order valence-electron chi connectivity index (χ0n) is 11.1. The predicted octanol–water partition coefficient (Wildman–Crippen LogP) is 1.12. The molecular formula is C11H17N7O. The summed E-state index contributed by atoms with van der Waals surface area (Å²) in [6.07, 6.45) is 0. The summed E-state index contributed by atoms with van der Waals surface area (Å²) in [5.41, 5.74) is 9.88. The number of hydrogen-bond donors (Lipinski definition) is 4. The van der Waals surface area contributed by atoms with Gasteiger partial charge in [0.2, 0.25) is 5.95 Å². The molecule has 19 heavy (non-hydrogen) atoms. The molecule has 102 valence electrons. The average Bonchev–Trinajstić information content (AvgIpc) is 2.68. The molecule has 0 spiro atoms. The highest BCUT2D eigenvalue weighted by Crippen LogP contribution is 2.25. The number of anilines is 3. The number of hydrazine groups is 1. The lowest BCUT2D eigenvalue weighted by Crippen LogP contribution is -2.14. The van der Waals surface area contributed by atoms with E-state index in [0.717, 1.165) is 17.0 Å². The second-order valence-corrected chi connectivity index (χ2v) is 4.24. The van der Waals surface area contributed by atoms with Gasteiger partial charge in [-0.3, -0.25) is 0 Å². The molecule has 0 bridgehead atoms. The van der Waals surface area contributed by atoms with Crippen LogP contribution < -0.4 is 22.3 Å². The number of rotatable bonds is 4. The predicted molar refractivity (Wildman–Crippen MR) is 72.3 cm³/mol. The van der Waals surface area contributed by atoms with Gasteiger partial charge in [-0.25, -0.2) is 5.84 Å². The van der Waals surface area contributed by atoms with Gasteiger partial charge in [-0.05, 0) is 20.8 Å². The van der Waals surface area contributed by atoms with Crippen LogP contribution in [0.25, 0.3) is 0 Å². The van der Waals surface area contributed by atoms with Crippen LogP contribution in [0.4, 0.5) is 17.6 Å². The second kappa shape index (κ2) is 5.11. The number of nitrogens with two attached hydrogens (primary N) is 2. The van der Waals surface area contributed by atoms with Crippen LogP contribution in [0.2, 0.25) is 0 Å². The fourth-order valence-corrected chi connectivity index (χ4v) is 2.02. The van der Waals surface area contributed by atoms with E-state index in [1.165, 1.54) is 0 Å². The molecule has 0 radical (unpaired) electrons. The minimum absolute atomic E-state index is 0.0221. The molecule has 0 saturated heterocycles. The van der Waals surface area contributed by atoms with Crippen LogP contribution >= 0.6 is 0 Å². The topological polar surface area (TPSA) is 128 Å². The van der Waals surface area contributed by atoms with E-state index >= 15 is 0 Å². The van der Waals surface area contributed by atoms with Gasteiger partial charge < -0.3 is 21.0 Å². The van der Waals surface area contributed by atoms with Crippen molar-refractivity contribution >= 4 is 17.6 Å². The number of nitrogen functional groups attached to an aromatic ring is 2. The summed E-state index contributed by atoms with van der Waals surface area (Å²) in [5.74, 6) is 7.25. The summed E-state index contributed by atoms with van der Waals surface area (Å²) in [7, 11) is 0. The zero-order chi connectivity index (χ0) is 14.0. The monoisotopic (exact) mass is 263 g/mol. The van der Waals surface area contributed by atoms with E-state index < -0.39 is 0 Å². The van der Waals surface area contributed by atoms with E-state index in [9.17, 15) is 0 Å². The quantitative estimate of drug-likeness (QED) is 0.477. The van der Waals surface area contributed by atoms with Gasteiger partial charge in [-0.15, -0.1) is 0 Å². The van der Waals surface area contributed by atoms with Crippen LogP contribution in [0.5, 0.6) is 0 Å². The van der Waals surface area contributed by atoms with Gasteiger partial charge in [0, 0.05) is 11.6 Å². The summed E-state index contributed by atoms with van der Waals surface area (Å²) in [6, 6.07) is 1.65. The molecule has 2 heterocycles. The van der Waals surface area contributed by atoms with Gasteiger partial charge in [0.05, 0.1) is 11.7 Å². The van der Waals surface area contributed by atoms with Crippen molar-refractivity contribution in [2.45, 2.75) is 26.8 Å². The van der Waals surface area contributed by atoms with Crippen molar-refractivity contribution in [1.82, 2.24) is 15.1 Å². The van der Waals surface area contributed by atoms with E-state index in [1.807, 2.05) is 20.8 Å². The number of hydrogen-bond acceptors (Lipinski definition) is 8. The molecule has 8 nitrogen and oxygen atoms in total. The molecule has 0 fully saturated rings. The van der Waals surface area contributed by atoms with Gasteiger partial charge in [0.15, 0.2) is 0 Å². The van der Waals surface area contributed by atoms with E-state index in [2.05, 4.69) is 25.9 Å². The summed E-state index contributed by atoms with van der Waals surface area (Å²) in [5, 5.41) is 7.14. The Kier molecular flexibility index (Phi) is 3.52. The number of aromatic nitrogens is 3. The normalized spacial score (nSPS) is 12.2. The number of aryl methyl sites for hydroxylation is 2. The molecule has 2 aromatic heterocycles. The fraction of sp³-hybridized carbons (Fsp3) is 0.364. The summed E-state index contributed by atoms with van der Waals surface area (Å²) in [4.78, 5) is 8.02. The van der Waals surface area contributed by atoms with Crippen molar-refractivity contribution in [2.24, 2.45) is 5.84 Å². The standard InChI is InChI=1S/C11H17N7O/c1-5(10-6(2)18-19-7(10)3)14-8-4-9(17-13)16-11(12)15-8/h4-5H,13H2,1-3H3,(H4,12,14,15,16,17). The highest BCUT2D eigenvalue weighted by atomic mass is 16.5. The Hall–Kier alpha value is -2.35. The fourth-order valence-electron chi connectivity index (χ4n) is 2.02. The molecule has 0 aliphatic rings. The highest BCUT2D eigenvalue weighted by Gasteiger charge is 2.17. The van der Waals surface area contributed by atoms with Crippen LogP contribution in [-0.4, -0.2) is 15.1 Å². The first-order valence-corrected chi connectivity index (χ1v) is 5.81. The van der Waals surface area contributed by atoms with Crippen LogP contribution in [0.1, 0.15) is 30.0 Å². The molecular weight excluding hydrogens is 246 g/mol. The van der Waals surface area contributed by atoms with Gasteiger partial charge in [-0.1, -0.05) is 5.16 Å². The Balaban J connectivity index is 2.24. The third-order valence-corrected chi connectivity index (χ3v) is 2.78. The van der Waals surface area contributed by atoms with Crippen molar-refractivity contribution in [3.05, 3.63) is 23.1 Å². The summed E-state index contributed by atoms with van der Waals surface area (Å²) in [6.45, 7) is 5.75. The summed E-state index contributed by atoms with van der Waals surface area (Å²) < 4.78 is 5.14. The van der Waals surface area contributed by atoms with Crippen LogP contribution in [0.3, 0.4) is 0 Å². The van der Waals surface area contributed by atoms with Crippen LogP contribution in [0, 0.1) is 13.8 Å². The number of nitrogens with zero attached hydrogens (tertiary/aromatic N) is 3. The molecule has 6 N–H and O–H groups in total. The Morgan fingerprint density at radius 2 is 1.95 bits per heavy atom. The SMILES string of the molecule is Cc1noc(C)c1C(C)Nc1cc(NN)nc(N)n1. The summed E-state index contributed by atoms with van der Waals surface area (Å²) >= 11 is 0. The lowest BCUT2D eigenvalue weighted by Gasteiger charge is -2.15. The molecule has 0 amide bonds. The lowest BCUT2D eigenvalue weighted by molar-refractivity contribution is 0.392. The number of nitrogens with one attached hydrogen (secondary N) is 2. The van der Waals surface area contributed by atoms with Crippen LogP contribution in [-0.2, 0) is 0 Å². The molecule has 0 saturated carbocycles. The molecule has 2 aromatic rings. The van der Waals surface area contributed by atoms with Gasteiger partial charge in [0.25, 0.3) is 0 Å². The Labute approximate surface area is 110 Å². The first-order chi connectivity index (χ1) is 9.01. The van der Waals surface area contributed by atoms with Gasteiger partial charge >= 0.3 is 0 Å². The Morgan fingerprint density at radius 3 is 2.53 bits per heavy atom. The Morgan fingerprint density at radius 1 is 1.26 bits per heavy atom. The van der Waals surface area contributed by atoms with Crippen molar-refractivity contribution < 1.29 is 4.52 Å². The van der Waals surface area contributed by atoms with Crippen molar-refractivity contribution in [3.8, 4) is 0 Å². The maximum Gasteiger partial charge on any atom is 0.223 e. The lowest BCUT2D eigenvalue weighted by atomic mass is 10.1. The van der Waals surface area contributed by atoms with E-state index in [-0.39, 0.29) is 12.0 Å². The van der Waals surface area contributed by atoms with E-state index in [4.69, 9.17) is 16.1 Å². The van der Waals surface area contributed by atoms with Gasteiger partial charge in [-0.2, -0.15) is 9.97 Å². The minimum Gasteiger partial charge on any atom is -0.368 e. The molecule has 1 atom stereocenters. The van der Waals surface area contributed by atoms with E-state index in [1.54, 1.807) is 6.07 Å². The first-order valence-electron chi connectivity index (χ1n) is 5.81. The third kappa shape index (κ3) is 2.74. The van der Waals surface area contributed by atoms with Crippen molar-refractivity contribution in [1.29, 1.82) is 0 Å². The molecule has 0 aliphatic heterocycles. The molecule has 0 aliphatic carbocycles.